The van der Waals surface area contributed by atoms with Crippen molar-refractivity contribution < 1.29 is 22.4 Å². The van der Waals surface area contributed by atoms with Crippen molar-refractivity contribution in [2.45, 2.75) is 13.1 Å². The van der Waals surface area contributed by atoms with Crippen molar-refractivity contribution in [1.82, 2.24) is 0 Å². The van der Waals surface area contributed by atoms with E-state index in [4.69, 9.17) is 0 Å². The molecule has 6 heteroatoms. The third-order valence-corrected chi connectivity index (χ3v) is 2.16. The van der Waals surface area contributed by atoms with Gasteiger partial charge < -0.3 is 4.90 Å². The molecule has 94 valence electrons. The van der Waals surface area contributed by atoms with Crippen LogP contribution in [0.3, 0.4) is 0 Å². The summed E-state index contributed by atoms with van der Waals surface area (Å²) in [5.41, 5.74) is 0.0625. The zero-order valence-corrected chi connectivity index (χ0v) is 9.09. The van der Waals surface area contributed by atoms with Crippen LogP contribution in [0.2, 0.25) is 0 Å². The number of halogens is 4. The zero-order valence-electron chi connectivity index (χ0n) is 9.09. The van der Waals surface area contributed by atoms with E-state index < -0.39 is 18.5 Å². The molecule has 0 aliphatic carbocycles. The number of carbonyl (C=O) groups is 1. The van der Waals surface area contributed by atoms with Crippen molar-refractivity contribution in [3.8, 4) is 0 Å². The summed E-state index contributed by atoms with van der Waals surface area (Å²) < 4.78 is 49.8. The van der Waals surface area contributed by atoms with E-state index in [9.17, 15) is 22.4 Å². The molecule has 0 saturated carbocycles. The maximum atomic E-state index is 13.1. The fraction of sp³-hybridized carbons (Fsp3) is 0.364. The van der Waals surface area contributed by atoms with Crippen molar-refractivity contribution in [3.05, 3.63) is 29.6 Å². The summed E-state index contributed by atoms with van der Waals surface area (Å²) in [7, 11) is 0. The van der Waals surface area contributed by atoms with E-state index in [0.29, 0.717) is 6.29 Å². The fourth-order valence-electron chi connectivity index (χ4n) is 1.45. The van der Waals surface area contributed by atoms with E-state index in [-0.39, 0.29) is 17.8 Å². The van der Waals surface area contributed by atoms with Crippen LogP contribution >= 0.6 is 0 Å². The summed E-state index contributed by atoms with van der Waals surface area (Å²) in [4.78, 5) is 11.5. The summed E-state index contributed by atoms with van der Waals surface area (Å²) in [6, 6.07) is 3.17. The molecule has 1 aromatic carbocycles. The fourth-order valence-corrected chi connectivity index (χ4v) is 1.45. The number of hydrogen-bond donors (Lipinski definition) is 0. The monoisotopic (exact) mass is 249 g/mol. The number of carbonyl (C=O) groups excluding carboxylic acids is 1. The van der Waals surface area contributed by atoms with Gasteiger partial charge in [0.2, 0.25) is 0 Å². The number of benzene rings is 1. The first-order valence-corrected chi connectivity index (χ1v) is 4.93. The number of nitrogens with zero attached hydrogens (tertiary/aromatic N) is 1. The molecular formula is C11H11F4NO. The molecule has 0 saturated heterocycles. The summed E-state index contributed by atoms with van der Waals surface area (Å²) in [5, 5.41) is 0. The molecule has 0 unspecified atom stereocenters. The predicted octanol–water partition coefficient (Wildman–Crippen LogP) is 3.03. The molecule has 0 amide bonds. The quantitative estimate of drug-likeness (QED) is 0.604. The topological polar surface area (TPSA) is 20.3 Å². The highest BCUT2D eigenvalue weighted by Crippen LogP contribution is 2.23. The third kappa shape index (κ3) is 4.05. The van der Waals surface area contributed by atoms with E-state index in [1.165, 1.54) is 13.0 Å². The maximum absolute atomic E-state index is 13.1. The van der Waals surface area contributed by atoms with Gasteiger partial charge in [-0.1, -0.05) is 0 Å². The van der Waals surface area contributed by atoms with Gasteiger partial charge in [0.1, 0.15) is 18.6 Å². The second kappa shape index (κ2) is 5.16. The van der Waals surface area contributed by atoms with Gasteiger partial charge in [0.15, 0.2) is 0 Å². The molecule has 0 aliphatic rings. The van der Waals surface area contributed by atoms with E-state index in [1.54, 1.807) is 0 Å². The normalized spacial score (nSPS) is 11.4. The molecule has 17 heavy (non-hydrogen) atoms. The van der Waals surface area contributed by atoms with Crippen LogP contribution < -0.4 is 4.90 Å². The molecule has 0 bridgehead atoms. The summed E-state index contributed by atoms with van der Waals surface area (Å²) >= 11 is 0. The Morgan fingerprint density at radius 2 is 1.94 bits per heavy atom. The molecule has 0 aliphatic heterocycles. The number of alkyl halides is 3. The Hall–Kier alpha value is -1.59. The van der Waals surface area contributed by atoms with Crippen LogP contribution in [0.1, 0.15) is 17.3 Å². The Morgan fingerprint density at radius 3 is 2.41 bits per heavy atom. The Balaban J connectivity index is 3.03. The first-order chi connectivity index (χ1) is 7.85. The van der Waals surface area contributed by atoms with Crippen LogP contribution in [0.4, 0.5) is 23.2 Å². The minimum absolute atomic E-state index is 0.0145. The zero-order chi connectivity index (χ0) is 13.1. The number of rotatable bonds is 4. The van der Waals surface area contributed by atoms with Crippen molar-refractivity contribution in [3.63, 3.8) is 0 Å². The standard InChI is InChI=1S/C11H11F4NO/c1-2-16(7-11(13,14)15)10-4-8(6-17)3-9(12)5-10/h3-6H,2,7H2,1H3. The van der Waals surface area contributed by atoms with Gasteiger partial charge in [0, 0.05) is 17.8 Å². The third-order valence-electron chi connectivity index (χ3n) is 2.16. The molecule has 0 atom stereocenters. The van der Waals surface area contributed by atoms with Crippen LogP contribution in [-0.4, -0.2) is 25.6 Å². The lowest BCUT2D eigenvalue weighted by molar-refractivity contribution is -0.119. The second-order valence-corrected chi connectivity index (χ2v) is 3.49. The van der Waals surface area contributed by atoms with Crippen LogP contribution in [0.5, 0.6) is 0 Å². The lowest BCUT2D eigenvalue weighted by atomic mass is 10.2. The Bertz CT molecular complexity index is 403. The molecule has 0 fully saturated rings. The lowest BCUT2D eigenvalue weighted by Crippen LogP contribution is -2.34. The van der Waals surface area contributed by atoms with Gasteiger partial charge in [0.05, 0.1) is 0 Å². The van der Waals surface area contributed by atoms with E-state index in [1.807, 2.05) is 0 Å². The average molecular weight is 249 g/mol. The maximum Gasteiger partial charge on any atom is 0.405 e. The molecule has 0 spiro atoms. The molecule has 0 radical (unpaired) electrons. The Kier molecular flexibility index (Phi) is 4.09. The molecule has 0 aromatic heterocycles. The predicted molar refractivity (Wildman–Crippen MR) is 55.7 cm³/mol. The van der Waals surface area contributed by atoms with Gasteiger partial charge in [0.25, 0.3) is 0 Å². The van der Waals surface area contributed by atoms with E-state index in [0.717, 1.165) is 17.0 Å². The number of hydrogen-bond acceptors (Lipinski definition) is 2. The van der Waals surface area contributed by atoms with E-state index >= 15 is 0 Å². The first-order valence-electron chi connectivity index (χ1n) is 4.93. The largest absolute Gasteiger partial charge is 0.405 e. The summed E-state index contributed by atoms with van der Waals surface area (Å²) in [6.45, 7) is 0.420. The average Bonchev–Trinajstić information content (AvgIpc) is 2.23. The van der Waals surface area contributed by atoms with Crippen LogP contribution in [-0.2, 0) is 0 Å². The minimum atomic E-state index is -4.37. The van der Waals surface area contributed by atoms with Gasteiger partial charge in [-0.3, -0.25) is 4.79 Å². The van der Waals surface area contributed by atoms with Gasteiger partial charge >= 0.3 is 6.18 Å². The van der Waals surface area contributed by atoms with Crippen LogP contribution in [0, 0.1) is 5.82 Å². The molecule has 0 N–H and O–H groups in total. The van der Waals surface area contributed by atoms with Crippen molar-refractivity contribution in [1.29, 1.82) is 0 Å². The number of aldehydes is 1. The molecule has 0 heterocycles. The minimum Gasteiger partial charge on any atom is -0.363 e. The van der Waals surface area contributed by atoms with E-state index in [2.05, 4.69) is 0 Å². The Morgan fingerprint density at radius 1 is 1.29 bits per heavy atom. The molecule has 1 aromatic rings. The van der Waals surface area contributed by atoms with Crippen molar-refractivity contribution in [2.75, 3.05) is 18.0 Å². The van der Waals surface area contributed by atoms with Gasteiger partial charge in [-0.2, -0.15) is 13.2 Å². The van der Waals surface area contributed by atoms with Gasteiger partial charge in [-0.15, -0.1) is 0 Å². The van der Waals surface area contributed by atoms with Gasteiger partial charge in [-0.05, 0) is 25.1 Å². The summed E-state index contributed by atoms with van der Waals surface area (Å²) in [6.07, 6.45) is -3.97. The first kappa shape index (κ1) is 13.5. The highest BCUT2D eigenvalue weighted by Gasteiger charge is 2.30. The van der Waals surface area contributed by atoms with Crippen LogP contribution in [0.15, 0.2) is 18.2 Å². The summed E-state index contributed by atoms with van der Waals surface area (Å²) in [5.74, 6) is -0.731. The molecular weight excluding hydrogens is 238 g/mol. The van der Waals surface area contributed by atoms with Crippen molar-refractivity contribution in [2.24, 2.45) is 0 Å². The van der Waals surface area contributed by atoms with Gasteiger partial charge in [-0.25, -0.2) is 4.39 Å². The molecule has 2 nitrogen and oxygen atoms in total. The van der Waals surface area contributed by atoms with Crippen molar-refractivity contribution >= 4 is 12.0 Å². The number of anilines is 1. The highest BCUT2D eigenvalue weighted by atomic mass is 19.4. The second-order valence-electron chi connectivity index (χ2n) is 3.49. The smallest absolute Gasteiger partial charge is 0.363 e. The SMILES string of the molecule is CCN(CC(F)(F)F)c1cc(F)cc(C=O)c1. The Labute approximate surface area is 95.8 Å². The molecule has 1 rings (SSSR count). The van der Waals surface area contributed by atoms with Crippen LogP contribution in [0.25, 0.3) is 0 Å². The lowest BCUT2D eigenvalue weighted by Gasteiger charge is -2.24. The highest BCUT2D eigenvalue weighted by molar-refractivity contribution is 5.77.